The standard InChI is InChI=1S/C14H17BrN2O3/c1-3-4-11-13(18)17(14(19)16-11)8-9-5-6-12(20-2)10(15)7-9/h5-7,11H,3-4,8H2,1-2H3,(H,16,19). The van der Waals surface area contributed by atoms with Gasteiger partial charge in [0, 0.05) is 0 Å². The van der Waals surface area contributed by atoms with E-state index in [9.17, 15) is 9.59 Å². The normalized spacial score (nSPS) is 18.4. The molecule has 1 heterocycles. The zero-order valence-electron chi connectivity index (χ0n) is 11.5. The highest BCUT2D eigenvalue weighted by Crippen LogP contribution is 2.26. The zero-order valence-corrected chi connectivity index (χ0v) is 13.1. The van der Waals surface area contributed by atoms with E-state index in [2.05, 4.69) is 21.2 Å². The number of hydrogen-bond acceptors (Lipinski definition) is 3. The Morgan fingerprint density at radius 3 is 2.75 bits per heavy atom. The van der Waals surface area contributed by atoms with Crippen LogP contribution in [0, 0.1) is 0 Å². The van der Waals surface area contributed by atoms with Gasteiger partial charge in [0.2, 0.25) is 0 Å². The number of hydrogen-bond donors (Lipinski definition) is 1. The third kappa shape index (κ3) is 2.95. The number of nitrogens with zero attached hydrogens (tertiary/aromatic N) is 1. The Bertz CT molecular complexity index is 533. The Morgan fingerprint density at radius 1 is 1.40 bits per heavy atom. The molecular formula is C14H17BrN2O3. The molecule has 6 heteroatoms. The van der Waals surface area contributed by atoms with Crippen molar-refractivity contribution >= 4 is 27.9 Å². The topological polar surface area (TPSA) is 58.6 Å². The summed E-state index contributed by atoms with van der Waals surface area (Å²) >= 11 is 3.39. The molecule has 1 aliphatic heterocycles. The van der Waals surface area contributed by atoms with Gasteiger partial charge in [0.15, 0.2) is 0 Å². The van der Waals surface area contributed by atoms with Crippen LogP contribution in [-0.4, -0.2) is 30.0 Å². The minimum atomic E-state index is -0.380. The molecule has 1 fully saturated rings. The van der Waals surface area contributed by atoms with Crippen LogP contribution in [0.2, 0.25) is 0 Å². The van der Waals surface area contributed by atoms with Crippen molar-refractivity contribution in [3.63, 3.8) is 0 Å². The van der Waals surface area contributed by atoms with Gasteiger partial charge in [0.05, 0.1) is 18.1 Å². The summed E-state index contributed by atoms with van der Waals surface area (Å²) in [5.41, 5.74) is 0.873. The molecule has 108 valence electrons. The smallest absolute Gasteiger partial charge is 0.325 e. The number of benzene rings is 1. The number of urea groups is 1. The Hall–Kier alpha value is -1.56. The van der Waals surface area contributed by atoms with Crippen LogP contribution in [-0.2, 0) is 11.3 Å². The maximum Gasteiger partial charge on any atom is 0.325 e. The van der Waals surface area contributed by atoms with Gasteiger partial charge in [-0.2, -0.15) is 0 Å². The summed E-state index contributed by atoms with van der Waals surface area (Å²) in [6, 6.07) is 4.81. The van der Waals surface area contributed by atoms with E-state index < -0.39 is 0 Å². The van der Waals surface area contributed by atoms with E-state index in [1.807, 2.05) is 19.1 Å². The van der Waals surface area contributed by atoms with Crippen LogP contribution in [0.15, 0.2) is 22.7 Å². The van der Waals surface area contributed by atoms with Crippen molar-refractivity contribution in [3.8, 4) is 5.75 Å². The number of imide groups is 1. The van der Waals surface area contributed by atoms with Gasteiger partial charge < -0.3 is 10.1 Å². The molecule has 1 atom stereocenters. The van der Waals surface area contributed by atoms with Crippen LogP contribution in [0.3, 0.4) is 0 Å². The molecule has 1 aromatic carbocycles. The molecule has 1 N–H and O–H groups in total. The summed E-state index contributed by atoms with van der Waals surface area (Å²) in [5, 5.41) is 2.71. The molecule has 0 bridgehead atoms. The first-order chi connectivity index (χ1) is 9.56. The molecule has 2 rings (SSSR count). The van der Waals surface area contributed by atoms with Crippen molar-refractivity contribution in [2.75, 3.05) is 7.11 Å². The second kappa shape index (κ2) is 6.26. The van der Waals surface area contributed by atoms with E-state index in [1.165, 1.54) is 4.90 Å². The fourth-order valence-corrected chi connectivity index (χ4v) is 2.79. The van der Waals surface area contributed by atoms with Crippen molar-refractivity contribution in [3.05, 3.63) is 28.2 Å². The molecule has 1 saturated heterocycles. The van der Waals surface area contributed by atoms with E-state index in [-0.39, 0.29) is 24.5 Å². The molecular weight excluding hydrogens is 324 g/mol. The lowest BCUT2D eigenvalue weighted by Crippen LogP contribution is -2.30. The van der Waals surface area contributed by atoms with Gasteiger partial charge in [0.25, 0.3) is 5.91 Å². The predicted molar refractivity (Wildman–Crippen MR) is 78.5 cm³/mol. The Morgan fingerprint density at radius 2 is 2.15 bits per heavy atom. The zero-order chi connectivity index (χ0) is 14.7. The molecule has 3 amide bonds. The Labute approximate surface area is 126 Å². The van der Waals surface area contributed by atoms with Crippen LogP contribution < -0.4 is 10.1 Å². The number of halogens is 1. The molecule has 1 aromatic rings. The highest BCUT2D eigenvalue weighted by atomic mass is 79.9. The molecule has 0 aromatic heterocycles. The Kier molecular flexibility index (Phi) is 4.65. The second-order valence-corrected chi connectivity index (χ2v) is 5.54. The summed E-state index contributed by atoms with van der Waals surface area (Å²) in [7, 11) is 1.59. The molecule has 0 saturated carbocycles. The number of rotatable bonds is 5. The van der Waals surface area contributed by atoms with Crippen LogP contribution in [0.4, 0.5) is 4.79 Å². The lowest BCUT2D eigenvalue weighted by atomic mass is 10.1. The molecule has 20 heavy (non-hydrogen) atoms. The summed E-state index contributed by atoms with van der Waals surface area (Å²) in [5.74, 6) is 0.568. The fraction of sp³-hybridized carbons (Fsp3) is 0.429. The van der Waals surface area contributed by atoms with Crippen molar-refractivity contribution in [2.24, 2.45) is 0 Å². The number of ether oxygens (including phenoxy) is 1. The Balaban J connectivity index is 2.11. The van der Waals surface area contributed by atoms with Gasteiger partial charge in [-0.3, -0.25) is 9.69 Å². The summed E-state index contributed by atoms with van der Waals surface area (Å²) in [4.78, 5) is 25.2. The average Bonchev–Trinajstić information content (AvgIpc) is 2.67. The molecule has 0 radical (unpaired) electrons. The molecule has 1 unspecified atom stereocenters. The number of carbonyl (C=O) groups excluding carboxylic acids is 2. The van der Waals surface area contributed by atoms with Gasteiger partial charge in [-0.15, -0.1) is 0 Å². The van der Waals surface area contributed by atoms with E-state index in [4.69, 9.17) is 4.74 Å². The van der Waals surface area contributed by atoms with Crippen molar-refractivity contribution in [2.45, 2.75) is 32.4 Å². The monoisotopic (exact) mass is 340 g/mol. The van der Waals surface area contributed by atoms with Crippen molar-refractivity contribution in [1.82, 2.24) is 10.2 Å². The fourth-order valence-electron chi connectivity index (χ4n) is 2.20. The second-order valence-electron chi connectivity index (χ2n) is 4.68. The first kappa shape index (κ1) is 14.8. The van der Waals surface area contributed by atoms with Gasteiger partial charge in [-0.05, 0) is 40.0 Å². The first-order valence-electron chi connectivity index (χ1n) is 6.51. The van der Waals surface area contributed by atoms with Gasteiger partial charge in [-0.25, -0.2) is 4.79 Å². The van der Waals surface area contributed by atoms with Gasteiger partial charge in [-0.1, -0.05) is 19.4 Å². The number of amides is 3. The van der Waals surface area contributed by atoms with Gasteiger partial charge >= 0.3 is 6.03 Å². The van der Waals surface area contributed by atoms with Crippen LogP contribution in [0.25, 0.3) is 0 Å². The maximum atomic E-state index is 12.1. The lowest BCUT2D eigenvalue weighted by molar-refractivity contribution is -0.128. The highest BCUT2D eigenvalue weighted by molar-refractivity contribution is 9.10. The third-order valence-electron chi connectivity index (χ3n) is 3.24. The van der Waals surface area contributed by atoms with Crippen LogP contribution >= 0.6 is 15.9 Å². The molecule has 1 aliphatic rings. The third-order valence-corrected chi connectivity index (χ3v) is 3.86. The summed E-state index contributed by atoms with van der Waals surface area (Å²) in [6.07, 6.45) is 1.53. The van der Waals surface area contributed by atoms with E-state index in [0.717, 1.165) is 22.2 Å². The first-order valence-corrected chi connectivity index (χ1v) is 7.30. The molecule has 0 aliphatic carbocycles. The molecule has 0 spiro atoms. The van der Waals surface area contributed by atoms with Crippen LogP contribution in [0.1, 0.15) is 25.3 Å². The number of nitrogens with one attached hydrogen (secondary N) is 1. The minimum Gasteiger partial charge on any atom is -0.496 e. The number of methoxy groups -OCH3 is 1. The van der Waals surface area contributed by atoms with E-state index >= 15 is 0 Å². The quantitative estimate of drug-likeness (QED) is 0.838. The summed E-state index contributed by atoms with van der Waals surface area (Å²) < 4.78 is 5.96. The number of carbonyl (C=O) groups is 2. The van der Waals surface area contributed by atoms with Crippen molar-refractivity contribution < 1.29 is 14.3 Å². The SMILES string of the molecule is CCCC1NC(=O)N(Cc2ccc(OC)c(Br)c2)C1=O. The van der Waals surface area contributed by atoms with Gasteiger partial charge in [0.1, 0.15) is 11.8 Å². The maximum absolute atomic E-state index is 12.1. The predicted octanol–water partition coefficient (Wildman–Crippen LogP) is 2.68. The minimum absolute atomic E-state index is 0.149. The molecule has 5 nitrogen and oxygen atoms in total. The average molecular weight is 341 g/mol. The van der Waals surface area contributed by atoms with Crippen LogP contribution in [0.5, 0.6) is 5.75 Å². The summed E-state index contributed by atoms with van der Waals surface area (Å²) in [6.45, 7) is 2.26. The lowest BCUT2D eigenvalue weighted by Gasteiger charge is -2.14. The van der Waals surface area contributed by atoms with Crippen molar-refractivity contribution in [1.29, 1.82) is 0 Å². The van der Waals surface area contributed by atoms with E-state index in [1.54, 1.807) is 13.2 Å². The largest absolute Gasteiger partial charge is 0.496 e. The highest BCUT2D eigenvalue weighted by Gasteiger charge is 2.37. The van der Waals surface area contributed by atoms with E-state index in [0.29, 0.717) is 6.42 Å².